The van der Waals surface area contributed by atoms with Crippen molar-refractivity contribution in [3.05, 3.63) is 29.8 Å². The van der Waals surface area contributed by atoms with E-state index in [9.17, 15) is 14.1 Å². The molecule has 0 unspecified atom stereocenters. The van der Waals surface area contributed by atoms with Crippen molar-refractivity contribution in [1.82, 2.24) is 4.90 Å². The van der Waals surface area contributed by atoms with Crippen LogP contribution >= 0.6 is 0 Å². The summed E-state index contributed by atoms with van der Waals surface area (Å²) >= 11 is 0. The van der Waals surface area contributed by atoms with Crippen LogP contribution in [0, 0.1) is 0 Å². The Balaban J connectivity index is 2.14. The van der Waals surface area contributed by atoms with Crippen molar-refractivity contribution in [3.8, 4) is 5.75 Å². The number of phenols is 1. The van der Waals surface area contributed by atoms with Gasteiger partial charge in [-0.15, -0.1) is 0 Å². The summed E-state index contributed by atoms with van der Waals surface area (Å²) in [4.78, 5) is 13.6. The molecule has 1 amide bonds. The summed E-state index contributed by atoms with van der Waals surface area (Å²) in [7, 11) is -0.796. The Morgan fingerprint density at radius 3 is 2.50 bits per heavy atom. The molecule has 1 aliphatic heterocycles. The number of hydrogen-bond donors (Lipinski definition) is 1. The van der Waals surface area contributed by atoms with E-state index >= 15 is 0 Å². The summed E-state index contributed by atoms with van der Waals surface area (Å²) in [5, 5.41) is 9.56. The van der Waals surface area contributed by atoms with Crippen LogP contribution < -0.4 is 0 Å². The molecule has 2 rings (SSSR count). The van der Waals surface area contributed by atoms with Gasteiger partial charge in [0.25, 0.3) is 5.91 Å². The molecular weight excluding hydrogens is 226 g/mol. The van der Waals surface area contributed by atoms with Crippen molar-refractivity contribution in [3.63, 3.8) is 0 Å². The van der Waals surface area contributed by atoms with E-state index in [1.54, 1.807) is 23.1 Å². The number of aromatic hydroxyl groups is 1. The smallest absolute Gasteiger partial charge is 0.257 e. The first kappa shape index (κ1) is 11.1. The van der Waals surface area contributed by atoms with E-state index < -0.39 is 10.8 Å². The van der Waals surface area contributed by atoms with Crippen molar-refractivity contribution in [2.75, 3.05) is 24.6 Å². The molecule has 1 aliphatic rings. The molecule has 1 heterocycles. The van der Waals surface area contributed by atoms with Crippen molar-refractivity contribution < 1.29 is 14.1 Å². The Morgan fingerprint density at radius 2 is 1.88 bits per heavy atom. The molecule has 1 fully saturated rings. The minimum absolute atomic E-state index is 0.000745. The van der Waals surface area contributed by atoms with Gasteiger partial charge in [-0.05, 0) is 12.1 Å². The molecule has 1 aromatic rings. The van der Waals surface area contributed by atoms with Gasteiger partial charge in [0.15, 0.2) is 0 Å². The zero-order chi connectivity index (χ0) is 11.5. The van der Waals surface area contributed by atoms with Crippen LogP contribution in [0.1, 0.15) is 10.4 Å². The number of benzene rings is 1. The first-order valence-corrected chi connectivity index (χ1v) is 6.59. The van der Waals surface area contributed by atoms with Crippen LogP contribution in [0.4, 0.5) is 0 Å². The fourth-order valence-electron chi connectivity index (χ4n) is 1.67. The normalized spacial score (nSPS) is 17.4. The SMILES string of the molecule is O=C(c1ccccc1O)N1CCS(=O)CC1. The molecule has 0 bridgehead atoms. The highest BCUT2D eigenvalue weighted by Gasteiger charge is 2.22. The monoisotopic (exact) mass is 239 g/mol. The number of para-hydroxylation sites is 1. The van der Waals surface area contributed by atoms with Crippen LogP contribution in [0.5, 0.6) is 5.75 Å². The van der Waals surface area contributed by atoms with Gasteiger partial charge >= 0.3 is 0 Å². The van der Waals surface area contributed by atoms with Gasteiger partial charge in [-0.25, -0.2) is 0 Å². The van der Waals surface area contributed by atoms with E-state index in [-0.39, 0.29) is 11.7 Å². The average Bonchev–Trinajstić information content (AvgIpc) is 2.30. The predicted octanol–water partition coefficient (Wildman–Crippen LogP) is 0.597. The molecule has 5 heteroatoms. The fraction of sp³-hybridized carbons (Fsp3) is 0.364. The predicted molar refractivity (Wildman–Crippen MR) is 61.9 cm³/mol. The van der Waals surface area contributed by atoms with Crippen LogP contribution in [0.3, 0.4) is 0 Å². The Morgan fingerprint density at radius 1 is 1.25 bits per heavy atom. The number of rotatable bonds is 1. The van der Waals surface area contributed by atoms with Gasteiger partial charge in [-0.3, -0.25) is 9.00 Å². The summed E-state index contributed by atoms with van der Waals surface area (Å²) in [6.45, 7) is 1.000. The van der Waals surface area contributed by atoms with Gasteiger partial charge in [-0.2, -0.15) is 0 Å². The maximum atomic E-state index is 12.0. The highest BCUT2D eigenvalue weighted by atomic mass is 32.2. The number of nitrogens with zero attached hydrogens (tertiary/aromatic N) is 1. The van der Waals surface area contributed by atoms with E-state index in [1.807, 2.05) is 0 Å². The highest BCUT2D eigenvalue weighted by molar-refractivity contribution is 7.85. The third-order valence-electron chi connectivity index (χ3n) is 2.60. The minimum Gasteiger partial charge on any atom is -0.507 e. The molecule has 1 aromatic carbocycles. The molecule has 4 nitrogen and oxygen atoms in total. The lowest BCUT2D eigenvalue weighted by Crippen LogP contribution is -2.41. The largest absolute Gasteiger partial charge is 0.507 e. The van der Waals surface area contributed by atoms with E-state index in [2.05, 4.69) is 0 Å². The zero-order valence-electron chi connectivity index (χ0n) is 8.76. The third-order valence-corrected chi connectivity index (χ3v) is 3.88. The van der Waals surface area contributed by atoms with Gasteiger partial charge in [-0.1, -0.05) is 12.1 Å². The molecule has 1 saturated heterocycles. The molecule has 0 aromatic heterocycles. The third kappa shape index (κ3) is 2.24. The number of amides is 1. The number of carbonyl (C=O) groups excluding carboxylic acids is 1. The van der Waals surface area contributed by atoms with Crippen LogP contribution in [0.2, 0.25) is 0 Å². The van der Waals surface area contributed by atoms with E-state index in [0.717, 1.165) is 0 Å². The van der Waals surface area contributed by atoms with E-state index in [4.69, 9.17) is 0 Å². The molecule has 0 atom stereocenters. The summed E-state index contributed by atoms with van der Waals surface area (Å²) in [5.74, 6) is 0.868. The van der Waals surface area contributed by atoms with E-state index in [1.165, 1.54) is 6.07 Å². The lowest BCUT2D eigenvalue weighted by molar-refractivity contribution is 0.0768. The number of carbonyl (C=O) groups is 1. The first-order valence-electron chi connectivity index (χ1n) is 5.11. The van der Waals surface area contributed by atoms with Gasteiger partial charge < -0.3 is 10.0 Å². The lowest BCUT2D eigenvalue weighted by atomic mass is 10.1. The van der Waals surface area contributed by atoms with Crippen molar-refractivity contribution >= 4 is 16.7 Å². The van der Waals surface area contributed by atoms with Gasteiger partial charge in [0.05, 0.1) is 5.56 Å². The summed E-state index contributed by atoms with van der Waals surface area (Å²) in [5.41, 5.74) is 0.315. The standard InChI is InChI=1S/C11H13NO3S/c13-10-4-2-1-3-9(10)11(14)12-5-7-16(15)8-6-12/h1-4,13H,5-8H2. The zero-order valence-corrected chi connectivity index (χ0v) is 9.57. The van der Waals surface area contributed by atoms with Crippen LogP contribution in [-0.2, 0) is 10.8 Å². The van der Waals surface area contributed by atoms with Crippen molar-refractivity contribution in [2.24, 2.45) is 0 Å². The fourth-order valence-corrected chi connectivity index (χ4v) is 2.72. The topological polar surface area (TPSA) is 57.6 Å². The minimum atomic E-state index is -0.796. The maximum absolute atomic E-state index is 12.0. The molecule has 16 heavy (non-hydrogen) atoms. The van der Waals surface area contributed by atoms with Gasteiger partial charge in [0.1, 0.15) is 5.75 Å². The Bertz CT molecular complexity index is 423. The Kier molecular flexibility index (Phi) is 3.24. The molecule has 0 saturated carbocycles. The second-order valence-corrected chi connectivity index (χ2v) is 5.35. The molecule has 1 N–H and O–H groups in total. The maximum Gasteiger partial charge on any atom is 0.257 e. The van der Waals surface area contributed by atoms with Gasteiger partial charge in [0, 0.05) is 35.4 Å². The van der Waals surface area contributed by atoms with Crippen molar-refractivity contribution in [2.45, 2.75) is 0 Å². The van der Waals surface area contributed by atoms with Crippen LogP contribution in [-0.4, -0.2) is 44.7 Å². The molecular formula is C11H13NO3S. The molecule has 0 radical (unpaired) electrons. The summed E-state index contributed by atoms with van der Waals surface area (Å²) in [6.07, 6.45) is 0. The molecule has 86 valence electrons. The average molecular weight is 239 g/mol. The number of hydrogen-bond acceptors (Lipinski definition) is 3. The van der Waals surface area contributed by atoms with E-state index in [0.29, 0.717) is 30.2 Å². The molecule has 0 aliphatic carbocycles. The lowest BCUT2D eigenvalue weighted by Gasteiger charge is -2.26. The Labute approximate surface area is 96.3 Å². The Hall–Kier alpha value is -1.36. The van der Waals surface area contributed by atoms with Crippen molar-refractivity contribution in [1.29, 1.82) is 0 Å². The summed E-state index contributed by atoms with van der Waals surface area (Å²) < 4.78 is 11.2. The van der Waals surface area contributed by atoms with Crippen LogP contribution in [0.15, 0.2) is 24.3 Å². The van der Waals surface area contributed by atoms with Crippen LogP contribution in [0.25, 0.3) is 0 Å². The molecule has 0 spiro atoms. The summed E-state index contributed by atoms with van der Waals surface area (Å²) in [6, 6.07) is 6.49. The highest BCUT2D eigenvalue weighted by Crippen LogP contribution is 2.18. The second-order valence-electron chi connectivity index (χ2n) is 3.66. The number of phenolic OH excluding ortho intramolecular Hbond substituents is 1. The first-order chi connectivity index (χ1) is 7.68. The van der Waals surface area contributed by atoms with Gasteiger partial charge in [0.2, 0.25) is 0 Å². The second kappa shape index (κ2) is 4.65. The quantitative estimate of drug-likeness (QED) is 0.780.